The smallest absolute Gasteiger partial charge is 0.0621 e. The number of hydrogen-bond acceptors (Lipinski definition) is 1. The number of rotatable bonds is 1. The Hall–Kier alpha value is -0.510. The quantitative estimate of drug-likeness (QED) is 0.460. The minimum absolute atomic E-state index is 0. The molecule has 0 N–H and O–H groups in total. The SMILES string of the molecule is CCCC#N.[HH]. The molecule has 0 heterocycles. The first-order valence-corrected chi connectivity index (χ1v) is 1.78. The van der Waals surface area contributed by atoms with Crippen LogP contribution in [0.15, 0.2) is 0 Å². The van der Waals surface area contributed by atoms with Gasteiger partial charge < -0.3 is 0 Å². The van der Waals surface area contributed by atoms with Crippen molar-refractivity contribution in [3.63, 3.8) is 0 Å². The Labute approximate surface area is 33.7 Å². The van der Waals surface area contributed by atoms with E-state index in [1.54, 1.807) is 0 Å². The third-order valence-corrected chi connectivity index (χ3v) is 0.362. The maximum absolute atomic E-state index is 7.82. The summed E-state index contributed by atoms with van der Waals surface area (Å²) in [6.07, 6.45) is 1.68. The highest BCUT2D eigenvalue weighted by atomic mass is 14.2. The number of hydrogen-bond donors (Lipinski definition) is 0. The molecule has 1 nitrogen and oxygen atoms in total. The molecule has 0 unspecified atom stereocenters. The van der Waals surface area contributed by atoms with Crippen LogP contribution in [0, 0.1) is 11.3 Å². The lowest BCUT2D eigenvalue weighted by atomic mass is 10.4. The molecule has 0 saturated carbocycles. The van der Waals surface area contributed by atoms with Gasteiger partial charge in [0.15, 0.2) is 0 Å². The van der Waals surface area contributed by atoms with Gasteiger partial charge in [-0.1, -0.05) is 6.92 Å². The Bertz CT molecular complexity index is 46.0. The molecule has 0 atom stereocenters. The van der Waals surface area contributed by atoms with Crippen LogP contribution in [0.5, 0.6) is 0 Å². The minimum Gasteiger partial charge on any atom is -0.198 e. The molecule has 1 heteroatoms. The van der Waals surface area contributed by atoms with Gasteiger partial charge in [-0.3, -0.25) is 0 Å². The highest BCUT2D eigenvalue weighted by Crippen LogP contribution is 1.77. The average molecular weight is 71.1 g/mol. The number of nitrogens with zero attached hydrogens (tertiary/aromatic N) is 1. The van der Waals surface area contributed by atoms with Crippen LogP contribution in [0.3, 0.4) is 0 Å². The van der Waals surface area contributed by atoms with E-state index in [1.165, 1.54) is 0 Å². The van der Waals surface area contributed by atoms with Crippen LogP contribution in [0.4, 0.5) is 0 Å². The Balaban J connectivity index is 0. The summed E-state index contributed by atoms with van der Waals surface area (Å²) in [5.74, 6) is 0. The lowest BCUT2D eigenvalue weighted by Gasteiger charge is -1.65. The third-order valence-electron chi connectivity index (χ3n) is 0.362. The molecule has 0 aromatic rings. The van der Waals surface area contributed by atoms with Crippen LogP contribution in [-0.2, 0) is 0 Å². The van der Waals surface area contributed by atoms with Gasteiger partial charge in [-0.25, -0.2) is 0 Å². The van der Waals surface area contributed by atoms with Gasteiger partial charge in [-0.2, -0.15) is 5.26 Å². The van der Waals surface area contributed by atoms with Crippen molar-refractivity contribution < 1.29 is 1.43 Å². The van der Waals surface area contributed by atoms with Crippen molar-refractivity contribution in [3.05, 3.63) is 0 Å². The van der Waals surface area contributed by atoms with E-state index < -0.39 is 0 Å². The molecule has 5 heavy (non-hydrogen) atoms. The van der Waals surface area contributed by atoms with Crippen LogP contribution >= 0.6 is 0 Å². The average Bonchev–Trinajstić information content (AvgIpc) is 1.41. The molecule has 0 bridgehead atoms. The molecular formula is C4H9N. The lowest BCUT2D eigenvalue weighted by Crippen LogP contribution is -1.53. The Morgan fingerprint density at radius 2 is 2.60 bits per heavy atom. The zero-order chi connectivity index (χ0) is 4.12. The van der Waals surface area contributed by atoms with Crippen molar-refractivity contribution in [2.45, 2.75) is 19.8 Å². The van der Waals surface area contributed by atoms with Crippen molar-refractivity contribution >= 4 is 0 Å². The third kappa shape index (κ3) is 3.49. The summed E-state index contributed by atoms with van der Waals surface area (Å²) in [6, 6.07) is 2.02. The lowest BCUT2D eigenvalue weighted by molar-refractivity contribution is 0.969. The molecule has 0 spiro atoms. The first-order chi connectivity index (χ1) is 2.41. The molecular weight excluding hydrogens is 62.1 g/mol. The van der Waals surface area contributed by atoms with E-state index in [2.05, 4.69) is 0 Å². The van der Waals surface area contributed by atoms with Crippen molar-refractivity contribution in [1.82, 2.24) is 0 Å². The number of unbranched alkanes of at least 4 members (excludes halogenated alkanes) is 1. The topological polar surface area (TPSA) is 23.8 Å². The van der Waals surface area contributed by atoms with Crippen molar-refractivity contribution in [2.24, 2.45) is 0 Å². The Morgan fingerprint density at radius 3 is 2.60 bits per heavy atom. The highest BCUT2D eigenvalue weighted by Gasteiger charge is 1.65. The largest absolute Gasteiger partial charge is 0.198 e. The standard InChI is InChI=1S/C4H7N.H2/c1-2-3-4-5;/h2-3H2,1H3;1H. The highest BCUT2D eigenvalue weighted by molar-refractivity contribution is 4.65. The van der Waals surface area contributed by atoms with Crippen LogP contribution in [-0.4, -0.2) is 0 Å². The molecule has 0 aliphatic heterocycles. The van der Waals surface area contributed by atoms with Crippen LogP contribution in [0.25, 0.3) is 0 Å². The second-order valence-corrected chi connectivity index (χ2v) is 0.908. The Morgan fingerprint density at radius 1 is 2.00 bits per heavy atom. The van der Waals surface area contributed by atoms with E-state index in [0.29, 0.717) is 6.42 Å². The van der Waals surface area contributed by atoms with Gasteiger partial charge >= 0.3 is 0 Å². The van der Waals surface area contributed by atoms with Crippen LogP contribution in [0.2, 0.25) is 0 Å². The fourth-order valence-electron chi connectivity index (χ4n) is 0.112. The van der Waals surface area contributed by atoms with Crippen LogP contribution in [0.1, 0.15) is 21.2 Å². The van der Waals surface area contributed by atoms with Crippen molar-refractivity contribution in [1.29, 1.82) is 5.26 Å². The molecule has 30 valence electrons. The Kier molecular flexibility index (Phi) is 3.13. The van der Waals surface area contributed by atoms with E-state index in [4.69, 9.17) is 5.26 Å². The molecule has 0 aliphatic carbocycles. The summed E-state index contributed by atoms with van der Waals surface area (Å²) in [5.41, 5.74) is 0. The molecule has 0 aromatic heterocycles. The van der Waals surface area contributed by atoms with Gasteiger partial charge in [0.05, 0.1) is 6.07 Å². The molecule has 0 aliphatic rings. The van der Waals surface area contributed by atoms with E-state index in [-0.39, 0.29) is 1.43 Å². The molecule has 0 amide bonds. The second-order valence-electron chi connectivity index (χ2n) is 0.908. The molecule has 0 rings (SSSR count). The van der Waals surface area contributed by atoms with Gasteiger partial charge in [0.25, 0.3) is 0 Å². The van der Waals surface area contributed by atoms with Gasteiger partial charge in [0, 0.05) is 7.85 Å². The zero-order valence-electron chi connectivity index (χ0n) is 3.36. The molecule has 0 fully saturated rings. The summed E-state index contributed by atoms with van der Waals surface area (Å²) >= 11 is 0. The predicted octanol–water partition coefficient (Wildman–Crippen LogP) is 1.56. The summed E-state index contributed by atoms with van der Waals surface area (Å²) < 4.78 is 0. The summed E-state index contributed by atoms with van der Waals surface area (Å²) in [5, 5.41) is 7.82. The van der Waals surface area contributed by atoms with Crippen LogP contribution < -0.4 is 0 Å². The first-order valence-electron chi connectivity index (χ1n) is 1.78. The monoisotopic (exact) mass is 71.1 g/mol. The van der Waals surface area contributed by atoms with Gasteiger partial charge in [-0.15, -0.1) is 0 Å². The van der Waals surface area contributed by atoms with Gasteiger partial charge in [0.1, 0.15) is 0 Å². The fraction of sp³-hybridized carbons (Fsp3) is 0.750. The van der Waals surface area contributed by atoms with Gasteiger partial charge in [-0.05, 0) is 6.42 Å². The van der Waals surface area contributed by atoms with E-state index in [9.17, 15) is 0 Å². The predicted molar refractivity (Wildman–Crippen MR) is 22.6 cm³/mol. The molecule has 0 aromatic carbocycles. The molecule has 0 saturated heterocycles. The van der Waals surface area contributed by atoms with E-state index >= 15 is 0 Å². The minimum atomic E-state index is 0. The summed E-state index contributed by atoms with van der Waals surface area (Å²) in [7, 11) is 0. The van der Waals surface area contributed by atoms with E-state index in [0.717, 1.165) is 6.42 Å². The van der Waals surface area contributed by atoms with Crippen molar-refractivity contribution in [3.8, 4) is 6.07 Å². The molecule has 0 radical (unpaired) electrons. The maximum Gasteiger partial charge on any atom is 0.0621 e. The zero-order valence-corrected chi connectivity index (χ0v) is 3.36. The first kappa shape index (κ1) is 4.49. The van der Waals surface area contributed by atoms with E-state index in [1.807, 2.05) is 13.0 Å². The normalized spacial score (nSPS) is 6.40. The van der Waals surface area contributed by atoms with Gasteiger partial charge in [0.2, 0.25) is 0 Å². The second kappa shape index (κ2) is 3.49. The number of nitriles is 1. The fourth-order valence-corrected chi connectivity index (χ4v) is 0.112. The summed E-state index contributed by atoms with van der Waals surface area (Å²) in [4.78, 5) is 0. The summed E-state index contributed by atoms with van der Waals surface area (Å²) in [6.45, 7) is 1.99. The van der Waals surface area contributed by atoms with Crippen molar-refractivity contribution in [2.75, 3.05) is 0 Å². The maximum atomic E-state index is 7.82.